The van der Waals surface area contributed by atoms with Crippen LogP contribution in [0.2, 0.25) is 0 Å². The van der Waals surface area contributed by atoms with Crippen LogP contribution in [0.15, 0.2) is 5.38 Å². The lowest BCUT2D eigenvalue weighted by atomic mass is 9.95. The number of amides is 1. The number of rotatable bonds is 4. The van der Waals surface area contributed by atoms with E-state index in [0.29, 0.717) is 5.13 Å². The van der Waals surface area contributed by atoms with Gasteiger partial charge < -0.3 is 10.1 Å². The van der Waals surface area contributed by atoms with Crippen molar-refractivity contribution >= 4 is 22.4 Å². The molecule has 1 aromatic heterocycles. The Morgan fingerprint density at radius 2 is 2.18 bits per heavy atom. The van der Waals surface area contributed by atoms with Gasteiger partial charge in [-0.05, 0) is 27.7 Å². The molecule has 7 heteroatoms. The molecule has 0 spiro atoms. The van der Waals surface area contributed by atoms with Gasteiger partial charge in [0.2, 0.25) is 5.91 Å². The van der Waals surface area contributed by atoms with Crippen LogP contribution in [0.25, 0.3) is 0 Å². The van der Waals surface area contributed by atoms with Crippen molar-refractivity contribution in [1.29, 1.82) is 5.26 Å². The third-order valence-electron chi connectivity index (χ3n) is 3.50. The Morgan fingerprint density at radius 1 is 1.55 bits per heavy atom. The van der Waals surface area contributed by atoms with E-state index in [9.17, 15) is 4.79 Å². The normalized spacial score (nSPS) is 23.0. The molecule has 2 rings (SSSR count). The van der Waals surface area contributed by atoms with Crippen LogP contribution in [0.1, 0.15) is 33.4 Å². The molecule has 0 bridgehead atoms. The fourth-order valence-corrected chi connectivity index (χ4v) is 3.08. The Hall–Kier alpha value is -1.49. The van der Waals surface area contributed by atoms with Crippen LogP contribution in [0.4, 0.5) is 5.13 Å². The van der Waals surface area contributed by atoms with Crippen molar-refractivity contribution in [2.24, 2.45) is 5.41 Å². The van der Waals surface area contributed by atoms with Gasteiger partial charge in [-0.2, -0.15) is 5.26 Å². The summed E-state index contributed by atoms with van der Waals surface area (Å²) in [6.45, 7) is 9.82. The zero-order valence-electron chi connectivity index (χ0n) is 13.4. The zero-order valence-corrected chi connectivity index (χ0v) is 14.2. The van der Waals surface area contributed by atoms with E-state index in [1.54, 1.807) is 13.8 Å². The first kappa shape index (κ1) is 16.9. The summed E-state index contributed by atoms with van der Waals surface area (Å²) < 4.78 is 5.71. The van der Waals surface area contributed by atoms with Crippen molar-refractivity contribution in [2.45, 2.75) is 46.4 Å². The minimum Gasteiger partial charge on any atom is -0.373 e. The van der Waals surface area contributed by atoms with Gasteiger partial charge in [0, 0.05) is 25.0 Å². The summed E-state index contributed by atoms with van der Waals surface area (Å²) in [5, 5.41) is 14.2. The molecular formula is C15H22N4O2S. The Morgan fingerprint density at radius 3 is 2.77 bits per heavy atom. The molecule has 1 fully saturated rings. The summed E-state index contributed by atoms with van der Waals surface area (Å²) in [6.07, 6.45) is 0.441. The second-order valence-corrected chi connectivity index (χ2v) is 7.14. The molecule has 1 aliphatic heterocycles. The van der Waals surface area contributed by atoms with Crippen molar-refractivity contribution in [3.63, 3.8) is 0 Å². The van der Waals surface area contributed by atoms with Gasteiger partial charge in [0.05, 0.1) is 24.0 Å². The van der Waals surface area contributed by atoms with E-state index in [1.807, 2.05) is 11.4 Å². The molecule has 22 heavy (non-hydrogen) atoms. The lowest BCUT2D eigenvalue weighted by molar-refractivity contribution is -0.121. The monoisotopic (exact) mass is 322 g/mol. The van der Waals surface area contributed by atoms with Crippen LogP contribution in [0.3, 0.4) is 0 Å². The molecule has 0 aromatic carbocycles. The van der Waals surface area contributed by atoms with E-state index in [0.717, 1.165) is 25.3 Å². The van der Waals surface area contributed by atoms with Gasteiger partial charge in [0.25, 0.3) is 0 Å². The quantitative estimate of drug-likeness (QED) is 0.920. The number of aromatic nitrogens is 1. The average Bonchev–Trinajstić information content (AvgIpc) is 2.84. The average molecular weight is 322 g/mol. The predicted octanol–water partition coefficient (Wildman–Crippen LogP) is 2.24. The van der Waals surface area contributed by atoms with Crippen LogP contribution >= 0.6 is 11.3 Å². The number of hydrogen-bond acceptors (Lipinski definition) is 6. The molecule has 1 amide bonds. The van der Waals surface area contributed by atoms with Crippen LogP contribution in [-0.2, 0) is 16.1 Å². The molecule has 120 valence electrons. The third-order valence-corrected chi connectivity index (χ3v) is 4.31. The van der Waals surface area contributed by atoms with Gasteiger partial charge >= 0.3 is 0 Å². The molecular weight excluding hydrogens is 300 g/mol. The largest absolute Gasteiger partial charge is 0.373 e. The number of ether oxygens (including phenoxy) is 1. The molecule has 1 aromatic rings. The van der Waals surface area contributed by atoms with Crippen LogP contribution in [-0.4, -0.2) is 41.1 Å². The van der Waals surface area contributed by atoms with Crippen molar-refractivity contribution in [1.82, 2.24) is 9.88 Å². The summed E-state index contributed by atoms with van der Waals surface area (Å²) >= 11 is 1.38. The third kappa shape index (κ3) is 4.26. The molecule has 0 saturated carbocycles. The van der Waals surface area contributed by atoms with E-state index in [-0.39, 0.29) is 18.1 Å². The predicted molar refractivity (Wildman–Crippen MR) is 85.4 cm³/mol. The highest BCUT2D eigenvalue weighted by molar-refractivity contribution is 7.13. The first-order valence-electron chi connectivity index (χ1n) is 7.35. The minimum absolute atomic E-state index is 0.220. The Bertz CT molecular complexity index is 568. The number of anilines is 1. The second-order valence-electron chi connectivity index (χ2n) is 6.29. The summed E-state index contributed by atoms with van der Waals surface area (Å²) in [7, 11) is 0. The number of thiazole rings is 1. The van der Waals surface area contributed by atoms with Crippen molar-refractivity contribution in [2.75, 3.05) is 18.4 Å². The molecule has 1 aliphatic rings. The van der Waals surface area contributed by atoms with Gasteiger partial charge in [-0.1, -0.05) is 0 Å². The van der Waals surface area contributed by atoms with E-state index in [2.05, 4.69) is 29.0 Å². The molecule has 1 N–H and O–H groups in total. The van der Waals surface area contributed by atoms with Crippen molar-refractivity contribution in [3.05, 3.63) is 11.1 Å². The standard InChI is InChI=1S/C15H22N4O2S/c1-10-5-19(6-11(2)21-10)7-12-8-22-14(17-12)18-13(20)15(3,4)9-16/h8,10-11H,5-7H2,1-4H3,(H,17,18,20). The Balaban J connectivity index is 1.94. The van der Waals surface area contributed by atoms with E-state index >= 15 is 0 Å². The molecule has 2 heterocycles. The fraction of sp³-hybridized carbons (Fsp3) is 0.667. The maximum absolute atomic E-state index is 12.0. The molecule has 2 atom stereocenters. The number of nitrogens with zero attached hydrogens (tertiary/aromatic N) is 3. The van der Waals surface area contributed by atoms with Gasteiger partial charge in [-0.3, -0.25) is 9.69 Å². The van der Waals surface area contributed by atoms with Gasteiger partial charge in [0.15, 0.2) is 5.13 Å². The summed E-state index contributed by atoms with van der Waals surface area (Å²) in [4.78, 5) is 18.7. The summed E-state index contributed by atoms with van der Waals surface area (Å²) in [5.41, 5.74) is -0.127. The lowest BCUT2D eigenvalue weighted by Gasteiger charge is -2.34. The highest BCUT2D eigenvalue weighted by Crippen LogP contribution is 2.22. The molecule has 1 saturated heterocycles. The van der Waals surface area contributed by atoms with Crippen LogP contribution < -0.4 is 5.32 Å². The van der Waals surface area contributed by atoms with Gasteiger partial charge in [0.1, 0.15) is 5.41 Å². The molecule has 2 unspecified atom stereocenters. The van der Waals surface area contributed by atoms with E-state index < -0.39 is 5.41 Å². The fourth-order valence-electron chi connectivity index (χ4n) is 2.38. The molecule has 0 aliphatic carbocycles. The number of hydrogen-bond donors (Lipinski definition) is 1. The maximum atomic E-state index is 12.0. The molecule has 0 radical (unpaired) electrons. The van der Waals surface area contributed by atoms with E-state index in [1.165, 1.54) is 11.3 Å². The van der Waals surface area contributed by atoms with Crippen molar-refractivity contribution in [3.8, 4) is 6.07 Å². The SMILES string of the molecule is CC1CN(Cc2csc(NC(=O)C(C)(C)C#N)n2)CC(C)O1. The Labute approximate surface area is 135 Å². The summed E-state index contributed by atoms with van der Waals surface area (Å²) in [5.74, 6) is -0.329. The first-order chi connectivity index (χ1) is 10.3. The second kappa shape index (κ2) is 6.73. The van der Waals surface area contributed by atoms with Gasteiger partial charge in [-0.25, -0.2) is 4.98 Å². The molecule has 6 nitrogen and oxygen atoms in total. The highest BCUT2D eigenvalue weighted by Gasteiger charge is 2.28. The number of nitriles is 1. The van der Waals surface area contributed by atoms with Crippen LogP contribution in [0, 0.1) is 16.7 Å². The van der Waals surface area contributed by atoms with Gasteiger partial charge in [-0.15, -0.1) is 11.3 Å². The number of nitrogens with one attached hydrogen (secondary N) is 1. The highest BCUT2D eigenvalue weighted by atomic mass is 32.1. The lowest BCUT2D eigenvalue weighted by Crippen LogP contribution is -2.44. The Kier molecular flexibility index (Phi) is 5.16. The summed E-state index contributed by atoms with van der Waals surface area (Å²) in [6, 6.07) is 1.99. The van der Waals surface area contributed by atoms with Crippen molar-refractivity contribution < 1.29 is 9.53 Å². The number of carbonyl (C=O) groups excluding carboxylic acids is 1. The maximum Gasteiger partial charge on any atom is 0.246 e. The van der Waals surface area contributed by atoms with E-state index in [4.69, 9.17) is 10.00 Å². The minimum atomic E-state index is -1.05. The number of morpholine rings is 1. The number of carbonyl (C=O) groups is 1. The topological polar surface area (TPSA) is 78.3 Å². The smallest absolute Gasteiger partial charge is 0.246 e. The first-order valence-corrected chi connectivity index (χ1v) is 8.23. The zero-order chi connectivity index (χ0) is 16.3. The van der Waals surface area contributed by atoms with Crippen LogP contribution in [0.5, 0.6) is 0 Å².